The van der Waals surface area contributed by atoms with Crippen molar-refractivity contribution in [1.82, 2.24) is 4.98 Å². The van der Waals surface area contributed by atoms with Crippen LogP contribution in [0.1, 0.15) is 32.6 Å². The fourth-order valence-corrected chi connectivity index (χ4v) is 2.41. The first-order valence-electron chi connectivity index (χ1n) is 9.69. The maximum atomic E-state index is 12.1. The molecule has 0 fully saturated rings. The van der Waals surface area contributed by atoms with Crippen molar-refractivity contribution >= 4 is 34.9 Å². The Morgan fingerprint density at radius 1 is 1.13 bits per heavy atom. The van der Waals surface area contributed by atoms with Gasteiger partial charge in [0.05, 0.1) is 6.04 Å². The minimum absolute atomic E-state index is 0.0799. The van der Waals surface area contributed by atoms with Gasteiger partial charge in [-0.15, -0.1) is 10.2 Å². The molecule has 1 aromatic carbocycles. The van der Waals surface area contributed by atoms with Crippen molar-refractivity contribution in [3.63, 3.8) is 0 Å². The number of pyridine rings is 1. The highest BCUT2D eigenvalue weighted by Crippen LogP contribution is 2.30. The summed E-state index contributed by atoms with van der Waals surface area (Å²) in [5.41, 5.74) is 17.9. The van der Waals surface area contributed by atoms with E-state index in [4.69, 9.17) is 21.9 Å². The van der Waals surface area contributed by atoms with Gasteiger partial charge in [0.1, 0.15) is 17.2 Å². The molecule has 0 bridgehead atoms. The van der Waals surface area contributed by atoms with E-state index in [1.54, 1.807) is 43.3 Å². The zero-order valence-electron chi connectivity index (χ0n) is 16.9. The van der Waals surface area contributed by atoms with E-state index in [9.17, 15) is 9.59 Å². The number of nitrogens with zero attached hydrogens (tertiary/aromatic N) is 3. The summed E-state index contributed by atoms with van der Waals surface area (Å²) in [6.07, 6.45) is 2.36. The average Bonchev–Trinajstić information content (AvgIpc) is 2.74. The van der Waals surface area contributed by atoms with Crippen molar-refractivity contribution in [2.75, 3.05) is 17.6 Å². The van der Waals surface area contributed by atoms with Crippen LogP contribution in [0, 0.1) is 0 Å². The Morgan fingerprint density at radius 3 is 2.57 bits per heavy atom. The zero-order valence-corrected chi connectivity index (χ0v) is 16.9. The summed E-state index contributed by atoms with van der Waals surface area (Å²) in [6, 6.07) is 9.23. The van der Waals surface area contributed by atoms with Crippen LogP contribution in [0.5, 0.6) is 5.75 Å². The number of para-hydroxylation sites is 1. The van der Waals surface area contributed by atoms with Crippen molar-refractivity contribution < 1.29 is 14.3 Å². The lowest BCUT2D eigenvalue weighted by molar-refractivity contribution is -0.134. The largest absolute Gasteiger partial charge is 0.424 e. The first-order chi connectivity index (χ1) is 14.4. The van der Waals surface area contributed by atoms with Gasteiger partial charge in [-0.05, 0) is 43.7 Å². The topological polar surface area (TPSA) is 171 Å². The molecular formula is C20H27N7O3. The Labute approximate surface area is 174 Å². The molecule has 10 heteroatoms. The molecule has 1 atom stereocenters. The highest BCUT2D eigenvalue weighted by molar-refractivity contribution is 5.94. The van der Waals surface area contributed by atoms with E-state index in [1.807, 2.05) is 0 Å². The highest BCUT2D eigenvalue weighted by atomic mass is 16.5. The first-order valence-corrected chi connectivity index (χ1v) is 9.69. The fraction of sp³-hybridized carbons (Fsp3) is 0.350. The van der Waals surface area contributed by atoms with Gasteiger partial charge in [0.15, 0.2) is 11.6 Å². The van der Waals surface area contributed by atoms with E-state index in [1.165, 1.54) is 0 Å². The van der Waals surface area contributed by atoms with E-state index in [0.29, 0.717) is 30.1 Å². The third-order valence-electron chi connectivity index (χ3n) is 4.10. The second-order valence-corrected chi connectivity index (χ2v) is 6.48. The second kappa shape index (κ2) is 11.6. The molecule has 1 amide bonds. The molecule has 0 aliphatic carbocycles. The van der Waals surface area contributed by atoms with Gasteiger partial charge >= 0.3 is 5.97 Å². The minimum atomic E-state index is -0.652. The lowest BCUT2D eigenvalue weighted by Gasteiger charge is -2.12. The minimum Gasteiger partial charge on any atom is -0.424 e. The van der Waals surface area contributed by atoms with Gasteiger partial charge in [0.25, 0.3) is 0 Å². The molecular weight excluding hydrogens is 386 g/mol. The molecule has 7 N–H and O–H groups in total. The van der Waals surface area contributed by atoms with Crippen LogP contribution in [0.25, 0.3) is 0 Å². The van der Waals surface area contributed by atoms with Gasteiger partial charge in [-0.1, -0.05) is 25.5 Å². The summed E-state index contributed by atoms with van der Waals surface area (Å²) >= 11 is 0. The van der Waals surface area contributed by atoms with E-state index < -0.39 is 6.04 Å². The second-order valence-electron chi connectivity index (χ2n) is 6.48. The summed E-state index contributed by atoms with van der Waals surface area (Å²) < 4.78 is 5.23. The molecule has 10 nitrogen and oxygen atoms in total. The van der Waals surface area contributed by atoms with Crippen LogP contribution in [0.4, 0.5) is 23.0 Å². The Bertz CT molecular complexity index is 902. The normalized spacial score (nSPS) is 12.0. The summed E-state index contributed by atoms with van der Waals surface area (Å²) in [6.45, 7) is 2.26. The van der Waals surface area contributed by atoms with Crippen molar-refractivity contribution in [3.8, 4) is 5.75 Å². The van der Waals surface area contributed by atoms with E-state index in [-0.39, 0.29) is 29.9 Å². The van der Waals surface area contributed by atoms with Gasteiger partial charge in [0.2, 0.25) is 5.91 Å². The van der Waals surface area contributed by atoms with E-state index >= 15 is 0 Å². The van der Waals surface area contributed by atoms with Gasteiger partial charge in [-0.3, -0.25) is 9.59 Å². The van der Waals surface area contributed by atoms with Crippen molar-refractivity contribution in [2.24, 2.45) is 21.7 Å². The number of hydrogen-bond acceptors (Lipinski definition) is 9. The SMILES string of the molecule is CCC(=O)Oc1ccccc1/N=N/c1ccc(NC(=O)[C@@H](N)CCCCN)nc1N. The molecule has 0 spiro atoms. The molecule has 0 saturated carbocycles. The number of benzene rings is 1. The predicted molar refractivity (Wildman–Crippen MR) is 115 cm³/mol. The number of ether oxygens (including phenoxy) is 1. The predicted octanol–water partition coefficient (Wildman–Crippen LogP) is 2.79. The number of amides is 1. The van der Waals surface area contributed by atoms with Crippen molar-refractivity contribution in [1.29, 1.82) is 0 Å². The van der Waals surface area contributed by atoms with Gasteiger partial charge in [-0.2, -0.15) is 0 Å². The molecule has 1 heterocycles. The zero-order chi connectivity index (χ0) is 21.9. The number of nitrogen functional groups attached to an aromatic ring is 1. The number of carbonyl (C=O) groups excluding carboxylic acids is 2. The molecule has 160 valence electrons. The molecule has 2 aromatic rings. The van der Waals surface area contributed by atoms with E-state index in [2.05, 4.69) is 20.5 Å². The number of carbonyl (C=O) groups is 2. The van der Waals surface area contributed by atoms with Gasteiger partial charge < -0.3 is 27.3 Å². The Kier molecular flexibility index (Phi) is 8.85. The van der Waals surface area contributed by atoms with Crippen LogP contribution in [0.2, 0.25) is 0 Å². The van der Waals surface area contributed by atoms with Gasteiger partial charge in [0, 0.05) is 6.42 Å². The smallest absolute Gasteiger partial charge is 0.310 e. The number of rotatable bonds is 10. The summed E-state index contributed by atoms with van der Waals surface area (Å²) in [5, 5.41) is 10.8. The van der Waals surface area contributed by atoms with E-state index in [0.717, 1.165) is 12.8 Å². The van der Waals surface area contributed by atoms with Crippen molar-refractivity contribution in [2.45, 2.75) is 38.6 Å². The summed E-state index contributed by atoms with van der Waals surface area (Å²) in [5.74, 6) is -0.0773. The van der Waals surface area contributed by atoms with Crippen LogP contribution in [0.15, 0.2) is 46.6 Å². The molecule has 0 radical (unpaired) electrons. The number of nitrogens with two attached hydrogens (primary N) is 3. The number of unbranched alkanes of at least 4 members (excludes halogenated alkanes) is 1. The number of hydrogen-bond donors (Lipinski definition) is 4. The molecule has 2 rings (SSSR count). The molecule has 0 unspecified atom stereocenters. The maximum absolute atomic E-state index is 12.1. The van der Waals surface area contributed by atoms with Crippen LogP contribution in [0.3, 0.4) is 0 Å². The first kappa shape index (κ1) is 22.9. The summed E-state index contributed by atoms with van der Waals surface area (Å²) in [7, 11) is 0. The highest BCUT2D eigenvalue weighted by Gasteiger charge is 2.14. The van der Waals surface area contributed by atoms with Gasteiger partial charge in [-0.25, -0.2) is 4.98 Å². The van der Waals surface area contributed by atoms with Crippen LogP contribution < -0.4 is 27.3 Å². The lowest BCUT2D eigenvalue weighted by Crippen LogP contribution is -2.35. The molecule has 0 saturated heterocycles. The Balaban J connectivity index is 2.06. The van der Waals surface area contributed by atoms with Crippen LogP contribution in [-0.2, 0) is 9.59 Å². The lowest BCUT2D eigenvalue weighted by atomic mass is 10.1. The molecule has 0 aliphatic rings. The fourth-order valence-electron chi connectivity index (χ4n) is 2.41. The molecule has 30 heavy (non-hydrogen) atoms. The van der Waals surface area contributed by atoms with Crippen LogP contribution in [-0.4, -0.2) is 29.4 Å². The Hall–Kier alpha value is -3.37. The average molecular weight is 413 g/mol. The third kappa shape index (κ3) is 6.90. The number of aromatic nitrogens is 1. The third-order valence-corrected chi connectivity index (χ3v) is 4.10. The monoisotopic (exact) mass is 413 g/mol. The Morgan fingerprint density at radius 2 is 1.87 bits per heavy atom. The number of azo groups is 1. The molecule has 0 aliphatic heterocycles. The van der Waals surface area contributed by atoms with Crippen molar-refractivity contribution in [3.05, 3.63) is 36.4 Å². The van der Waals surface area contributed by atoms with Crippen LogP contribution >= 0.6 is 0 Å². The molecule has 1 aromatic heterocycles. The summed E-state index contributed by atoms with van der Waals surface area (Å²) in [4.78, 5) is 27.8. The standard InChI is InChI=1S/C20H27N7O3/c1-2-18(28)30-16-9-4-3-8-14(16)26-27-15-10-11-17(24-19(15)23)25-20(29)13(22)7-5-6-12-21/h3-4,8-11,13H,2,5-7,12,21-22H2,1H3,(H3,23,24,25,29)/b27-26+/t13-/m0/s1. The number of anilines is 2. The maximum Gasteiger partial charge on any atom is 0.310 e. The number of nitrogens with one attached hydrogen (secondary N) is 1. The number of esters is 1. The quantitative estimate of drug-likeness (QED) is 0.201.